The Morgan fingerprint density at radius 2 is 1.72 bits per heavy atom. The molecule has 6 heterocycles. The zero-order valence-corrected chi connectivity index (χ0v) is 36.3. The van der Waals surface area contributed by atoms with Crippen molar-refractivity contribution in [2.75, 3.05) is 61.0 Å². The lowest BCUT2D eigenvalue weighted by Crippen LogP contribution is -2.59. The molecule has 61 heavy (non-hydrogen) atoms. The molecule has 2 aromatic heterocycles. The molecule has 4 aliphatic heterocycles. The van der Waals surface area contributed by atoms with Crippen LogP contribution in [0.2, 0.25) is 5.02 Å². The number of carbonyl (C=O) groups is 4. The molecule has 3 fully saturated rings. The molecule has 1 unspecified atom stereocenters. The van der Waals surface area contributed by atoms with Gasteiger partial charge in [-0.1, -0.05) is 18.5 Å². The van der Waals surface area contributed by atoms with Crippen LogP contribution in [0.4, 0.5) is 23.1 Å². The number of anilines is 4. The minimum Gasteiger partial charge on any atom is -0.480 e. The summed E-state index contributed by atoms with van der Waals surface area (Å²) >= 11 is 6.64. The first-order valence-corrected chi connectivity index (χ1v) is 21.8. The van der Waals surface area contributed by atoms with Crippen LogP contribution in [0.1, 0.15) is 88.7 Å². The number of piperidine rings is 2. The van der Waals surface area contributed by atoms with Gasteiger partial charge in [0.1, 0.15) is 17.7 Å². The standard InChI is InChI=1S/C45H54ClN9O6/c1-6-33(56)26-61-38-23-28-21-31(7-10-36(28)55(27(2)3)43(38)60)48-40-35(46)24-47-44(50-40)52-17-19-53(20-18-52)45(4,5)30-13-15-51(16-14-30)32-8-9-34-29(22-32)25-54(42(34)59)37-11-12-39(57)49-41(37)58/h7-10,21-24,27,30,37H,6,11-20,25-26H2,1-5H3,(H,47,48,50)(H,49,57,58). The Hall–Kier alpha value is -5.54. The summed E-state index contributed by atoms with van der Waals surface area (Å²) in [4.78, 5) is 80.9. The molecule has 4 aliphatic rings. The van der Waals surface area contributed by atoms with Crippen molar-refractivity contribution in [3.8, 4) is 5.75 Å². The second kappa shape index (κ2) is 17.1. The summed E-state index contributed by atoms with van der Waals surface area (Å²) in [6.07, 6.45) is 4.63. The number of Topliss-reactive ketones (excluding diaryl/α,β-unsaturated/α-hetero) is 1. The van der Waals surface area contributed by atoms with Crippen LogP contribution in [-0.2, 0) is 20.9 Å². The number of benzene rings is 2. The summed E-state index contributed by atoms with van der Waals surface area (Å²) < 4.78 is 7.36. The average Bonchev–Trinajstić information content (AvgIpc) is 3.58. The van der Waals surface area contributed by atoms with Gasteiger partial charge in [0.2, 0.25) is 17.8 Å². The van der Waals surface area contributed by atoms with E-state index in [1.165, 1.54) is 0 Å². The molecule has 8 rings (SSSR count). The highest BCUT2D eigenvalue weighted by molar-refractivity contribution is 6.33. The number of rotatable bonds is 12. The van der Waals surface area contributed by atoms with E-state index in [1.54, 1.807) is 28.7 Å². The fraction of sp³-hybridized carbons (Fsp3) is 0.489. The molecule has 1 atom stereocenters. The average molecular weight is 852 g/mol. The maximum atomic E-state index is 13.3. The third kappa shape index (κ3) is 8.41. The van der Waals surface area contributed by atoms with E-state index in [2.05, 4.69) is 50.2 Å². The first-order valence-electron chi connectivity index (χ1n) is 21.4. The number of pyridine rings is 1. The highest BCUT2D eigenvalue weighted by atomic mass is 35.5. The fourth-order valence-electron chi connectivity index (χ4n) is 9.35. The lowest BCUT2D eigenvalue weighted by Gasteiger charge is -2.50. The SMILES string of the molecule is CCC(=O)COc1cc2cc(Nc3nc(N4CCN(C(C)(C)C5CCN(c6ccc7c(c6)CN(C6CCC(=O)NC6=O)C7=O)CC5)CC4)ncc3Cl)ccc2n(C(C)C)c1=O. The number of imide groups is 1. The van der Waals surface area contributed by atoms with Gasteiger partial charge >= 0.3 is 0 Å². The zero-order chi connectivity index (χ0) is 43.2. The number of nitrogens with one attached hydrogen (secondary N) is 2. The van der Waals surface area contributed by atoms with Crippen molar-refractivity contribution in [2.45, 2.75) is 90.9 Å². The Bertz CT molecular complexity index is 2440. The molecule has 322 valence electrons. The molecule has 0 radical (unpaired) electrons. The van der Waals surface area contributed by atoms with Crippen LogP contribution < -0.4 is 30.7 Å². The van der Waals surface area contributed by atoms with E-state index < -0.39 is 11.9 Å². The molecule has 0 bridgehead atoms. The maximum Gasteiger partial charge on any atom is 0.293 e. The van der Waals surface area contributed by atoms with Crippen LogP contribution in [0.15, 0.2) is 53.5 Å². The number of ether oxygens (including phenoxy) is 1. The van der Waals surface area contributed by atoms with Crippen LogP contribution in [0.25, 0.3) is 10.9 Å². The number of hydrogen-bond acceptors (Lipinski definition) is 12. The summed E-state index contributed by atoms with van der Waals surface area (Å²) in [7, 11) is 0. The van der Waals surface area contributed by atoms with Gasteiger partial charge in [-0.05, 0) is 101 Å². The summed E-state index contributed by atoms with van der Waals surface area (Å²) in [6.45, 7) is 15.6. The largest absolute Gasteiger partial charge is 0.480 e. The maximum absolute atomic E-state index is 13.3. The first-order chi connectivity index (χ1) is 29.2. The van der Waals surface area contributed by atoms with Crippen molar-refractivity contribution in [1.29, 1.82) is 0 Å². The van der Waals surface area contributed by atoms with Gasteiger partial charge in [-0.2, -0.15) is 4.98 Å². The van der Waals surface area contributed by atoms with E-state index in [1.807, 2.05) is 44.2 Å². The Morgan fingerprint density at radius 3 is 2.43 bits per heavy atom. The summed E-state index contributed by atoms with van der Waals surface area (Å²) in [5.41, 5.74) is 3.83. The lowest BCUT2D eigenvalue weighted by atomic mass is 9.78. The van der Waals surface area contributed by atoms with Gasteiger partial charge in [0.05, 0.1) is 11.7 Å². The first kappa shape index (κ1) is 42.2. The van der Waals surface area contributed by atoms with Gasteiger partial charge < -0.3 is 29.3 Å². The Kier molecular flexibility index (Phi) is 11.8. The quantitative estimate of drug-likeness (QED) is 0.168. The summed E-state index contributed by atoms with van der Waals surface area (Å²) in [5.74, 6) is 0.786. The number of fused-ring (bicyclic) bond motifs is 2. The summed E-state index contributed by atoms with van der Waals surface area (Å²) in [6, 6.07) is 12.6. The van der Waals surface area contributed by atoms with Gasteiger partial charge in [-0.25, -0.2) is 4.98 Å². The van der Waals surface area contributed by atoms with Crippen molar-refractivity contribution in [1.82, 2.24) is 29.7 Å². The molecule has 0 saturated carbocycles. The van der Waals surface area contributed by atoms with Gasteiger partial charge in [-0.15, -0.1) is 0 Å². The lowest BCUT2D eigenvalue weighted by molar-refractivity contribution is -0.137. The van der Waals surface area contributed by atoms with Crippen molar-refractivity contribution >= 4 is 69.1 Å². The number of carbonyl (C=O) groups excluding carboxylic acids is 4. The van der Waals surface area contributed by atoms with Crippen molar-refractivity contribution in [3.63, 3.8) is 0 Å². The number of hydrogen-bond donors (Lipinski definition) is 2. The third-order valence-electron chi connectivity index (χ3n) is 13.0. The molecule has 2 aromatic carbocycles. The number of ketones is 1. The Morgan fingerprint density at radius 1 is 0.967 bits per heavy atom. The van der Waals surface area contributed by atoms with Crippen LogP contribution in [0.5, 0.6) is 5.75 Å². The second-order valence-corrected chi connectivity index (χ2v) is 17.8. The van der Waals surface area contributed by atoms with E-state index in [0.717, 1.165) is 80.0 Å². The van der Waals surface area contributed by atoms with E-state index >= 15 is 0 Å². The van der Waals surface area contributed by atoms with Gasteiger partial charge in [0, 0.05) is 92.6 Å². The third-order valence-corrected chi connectivity index (χ3v) is 13.3. The molecule has 16 heteroatoms. The molecule has 15 nitrogen and oxygen atoms in total. The summed E-state index contributed by atoms with van der Waals surface area (Å²) in [5, 5.41) is 6.89. The van der Waals surface area contributed by atoms with E-state index in [4.69, 9.17) is 21.3 Å². The molecular formula is C45H54ClN9O6. The highest BCUT2D eigenvalue weighted by Crippen LogP contribution is 2.37. The second-order valence-electron chi connectivity index (χ2n) is 17.4. The Balaban J connectivity index is 0.879. The monoisotopic (exact) mass is 851 g/mol. The van der Waals surface area contributed by atoms with Crippen LogP contribution in [-0.4, -0.2) is 105 Å². The number of nitrogens with zero attached hydrogens (tertiary/aromatic N) is 7. The van der Waals surface area contributed by atoms with E-state index in [9.17, 15) is 24.0 Å². The minimum atomic E-state index is -0.619. The molecule has 0 aliphatic carbocycles. The van der Waals surface area contributed by atoms with Crippen molar-refractivity contribution in [2.24, 2.45) is 5.92 Å². The van der Waals surface area contributed by atoms with Crippen LogP contribution in [0, 0.1) is 5.92 Å². The molecule has 0 spiro atoms. The van der Waals surface area contributed by atoms with Crippen molar-refractivity contribution in [3.05, 3.63) is 75.2 Å². The van der Waals surface area contributed by atoms with Crippen molar-refractivity contribution < 1.29 is 23.9 Å². The number of amides is 3. The van der Waals surface area contributed by atoms with Gasteiger partial charge in [0.25, 0.3) is 11.5 Å². The highest BCUT2D eigenvalue weighted by Gasteiger charge is 2.41. The van der Waals surface area contributed by atoms with E-state index in [-0.39, 0.29) is 53.5 Å². The van der Waals surface area contributed by atoms with Gasteiger partial charge in [0.15, 0.2) is 17.4 Å². The van der Waals surface area contributed by atoms with E-state index in [0.29, 0.717) is 47.7 Å². The van der Waals surface area contributed by atoms with Crippen LogP contribution in [0.3, 0.4) is 0 Å². The fourth-order valence-corrected chi connectivity index (χ4v) is 9.49. The van der Waals surface area contributed by atoms with Gasteiger partial charge in [-0.3, -0.25) is 34.2 Å². The number of piperazine rings is 1. The number of aromatic nitrogens is 3. The molecule has 4 aromatic rings. The normalized spacial score (nSPS) is 19.2. The predicted molar refractivity (Wildman–Crippen MR) is 235 cm³/mol. The smallest absolute Gasteiger partial charge is 0.293 e. The molecular weight excluding hydrogens is 798 g/mol. The predicted octanol–water partition coefficient (Wildman–Crippen LogP) is 5.71. The van der Waals surface area contributed by atoms with Crippen LogP contribution >= 0.6 is 11.6 Å². The molecule has 3 saturated heterocycles. The topological polar surface area (TPSA) is 162 Å². The minimum absolute atomic E-state index is 0.0222. The molecule has 2 N–H and O–H groups in total. The zero-order valence-electron chi connectivity index (χ0n) is 35.5. The molecule has 3 amide bonds. The Labute approximate surface area is 360 Å². The number of halogens is 1.